The van der Waals surface area contributed by atoms with Crippen molar-refractivity contribution in [3.05, 3.63) is 65.7 Å². The number of hydrogen-bond donors (Lipinski definition) is 2. The average molecular weight is 351 g/mol. The van der Waals surface area contributed by atoms with Crippen molar-refractivity contribution in [3.8, 4) is 0 Å². The van der Waals surface area contributed by atoms with Crippen LogP contribution in [0.4, 0.5) is 10.5 Å². The summed E-state index contributed by atoms with van der Waals surface area (Å²) in [5, 5.41) is 2.53. The van der Waals surface area contributed by atoms with Crippen molar-refractivity contribution in [3.63, 3.8) is 0 Å². The predicted molar refractivity (Wildman–Crippen MR) is 103 cm³/mol. The van der Waals surface area contributed by atoms with Crippen molar-refractivity contribution in [2.45, 2.75) is 19.3 Å². The van der Waals surface area contributed by atoms with E-state index in [1.54, 1.807) is 24.3 Å². The highest BCUT2D eigenvalue weighted by atomic mass is 16.2. The number of Topliss-reactive ketones (excluding diaryl/α,β-unsaturated/α-hetero) is 1. The maximum atomic E-state index is 12.7. The Kier molecular flexibility index (Phi) is 6.02. The number of ketones is 1. The van der Waals surface area contributed by atoms with E-state index in [9.17, 15) is 9.59 Å². The summed E-state index contributed by atoms with van der Waals surface area (Å²) >= 11 is 0. The molecule has 0 aliphatic carbocycles. The summed E-state index contributed by atoms with van der Waals surface area (Å²) in [6.45, 7) is 2.22. The third kappa shape index (κ3) is 4.92. The Labute approximate surface area is 154 Å². The van der Waals surface area contributed by atoms with Gasteiger partial charge in [0.05, 0.1) is 12.2 Å². The van der Waals surface area contributed by atoms with Crippen LogP contribution in [0, 0.1) is 5.92 Å². The quantitative estimate of drug-likeness (QED) is 0.784. The van der Waals surface area contributed by atoms with Crippen molar-refractivity contribution < 1.29 is 9.59 Å². The first-order valence-corrected chi connectivity index (χ1v) is 9.07. The van der Waals surface area contributed by atoms with E-state index in [-0.39, 0.29) is 5.78 Å². The van der Waals surface area contributed by atoms with Gasteiger partial charge in [0.15, 0.2) is 5.78 Å². The number of amides is 2. The van der Waals surface area contributed by atoms with Crippen LogP contribution in [0.1, 0.15) is 28.8 Å². The number of nitrogens with two attached hydrogens (primary N) is 1. The number of hydrogen-bond acceptors (Lipinski definition) is 3. The number of carbonyl (C=O) groups excluding carboxylic acids is 2. The Balaban J connectivity index is 1.53. The van der Waals surface area contributed by atoms with Crippen LogP contribution in [-0.2, 0) is 6.42 Å². The number of piperidine rings is 1. The van der Waals surface area contributed by atoms with Crippen LogP contribution in [0.25, 0.3) is 0 Å². The van der Waals surface area contributed by atoms with E-state index in [1.165, 1.54) is 5.56 Å². The van der Waals surface area contributed by atoms with Gasteiger partial charge >= 0.3 is 6.03 Å². The van der Waals surface area contributed by atoms with Crippen LogP contribution in [0.5, 0.6) is 0 Å². The minimum atomic E-state index is -0.660. The number of rotatable bonds is 6. The molecule has 26 heavy (non-hydrogen) atoms. The SMILES string of the molecule is NC(=O)Nc1ccccc1C(=O)CN1CCC(Cc2ccccc2)CC1. The Hall–Kier alpha value is -2.66. The molecule has 1 aliphatic rings. The lowest BCUT2D eigenvalue weighted by atomic mass is 9.90. The first kappa shape index (κ1) is 18.1. The lowest BCUT2D eigenvalue weighted by Gasteiger charge is -2.31. The summed E-state index contributed by atoms with van der Waals surface area (Å²) in [7, 11) is 0. The third-order valence-corrected chi connectivity index (χ3v) is 4.93. The number of benzene rings is 2. The zero-order valence-corrected chi connectivity index (χ0v) is 14.9. The van der Waals surface area contributed by atoms with Crippen LogP contribution in [0.3, 0.4) is 0 Å². The topological polar surface area (TPSA) is 75.4 Å². The molecule has 1 heterocycles. The second-order valence-electron chi connectivity index (χ2n) is 6.87. The fourth-order valence-corrected chi connectivity index (χ4v) is 3.55. The third-order valence-electron chi connectivity index (χ3n) is 4.93. The smallest absolute Gasteiger partial charge is 0.316 e. The molecule has 0 saturated carbocycles. The van der Waals surface area contributed by atoms with Gasteiger partial charge in [0.2, 0.25) is 0 Å². The van der Waals surface area contributed by atoms with Gasteiger partial charge in [-0.2, -0.15) is 0 Å². The van der Waals surface area contributed by atoms with Crippen molar-refractivity contribution >= 4 is 17.5 Å². The maximum absolute atomic E-state index is 12.7. The lowest BCUT2D eigenvalue weighted by molar-refractivity contribution is 0.0896. The summed E-state index contributed by atoms with van der Waals surface area (Å²) in [6, 6.07) is 16.9. The molecule has 136 valence electrons. The highest BCUT2D eigenvalue weighted by Gasteiger charge is 2.22. The molecule has 0 spiro atoms. The molecule has 5 nitrogen and oxygen atoms in total. The summed E-state index contributed by atoms with van der Waals surface area (Å²) in [6.07, 6.45) is 3.31. The van der Waals surface area contributed by atoms with Crippen molar-refractivity contribution in [2.75, 3.05) is 25.0 Å². The molecule has 0 atom stereocenters. The summed E-state index contributed by atoms with van der Waals surface area (Å²) in [5.41, 5.74) is 7.56. The Morgan fingerprint density at radius 3 is 2.35 bits per heavy atom. The van der Waals surface area contributed by atoms with Gasteiger partial charge in [-0.15, -0.1) is 0 Å². The van der Waals surface area contributed by atoms with E-state index in [1.807, 2.05) is 6.07 Å². The molecule has 2 aromatic carbocycles. The summed E-state index contributed by atoms with van der Waals surface area (Å²) in [5.74, 6) is 0.684. The van der Waals surface area contributed by atoms with Gasteiger partial charge in [-0.05, 0) is 56.0 Å². The molecule has 0 unspecified atom stereocenters. The summed E-state index contributed by atoms with van der Waals surface area (Å²) in [4.78, 5) is 26.0. The monoisotopic (exact) mass is 351 g/mol. The second kappa shape index (κ2) is 8.63. The Bertz CT molecular complexity index is 753. The van der Waals surface area contributed by atoms with E-state index in [2.05, 4.69) is 34.5 Å². The minimum Gasteiger partial charge on any atom is -0.351 e. The first-order valence-electron chi connectivity index (χ1n) is 9.07. The molecule has 0 aromatic heterocycles. The van der Waals surface area contributed by atoms with E-state index in [4.69, 9.17) is 5.73 Å². The Morgan fingerprint density at radius 1 is 1.00 bits per heavy atom. The van der Waals surface area contributed by atoms with Crippen molar-refractivity contribution in [1.82, 2.24) is 4.90 Å². The number of anilines is 1. The molecule has 3 N–H and O–H groups in total. The number of nitrogens with one attached hydrogen (secondary N) is 1. The number of likely N-dealkylation sites (tertiary alicyclic amines) is 1. The second-order valence-corrected chi connectivity index (χ2v) is 6.87. The molecule has 5 heteroatoms. The molecular formula is C21H25N3O2. The van der Waals surface area contributed by atoms with Gasteiger partial charge in [-0.1, -0.05) is 42.5 Å². The maximum Gasteiger partial charge on any atom is 0.316 e. The average Bonchev–Trinajstić information content (AvgIpc) is 2.64. The highest BCUT2D eigenvalue weighted by molar-refractivity contribution is 6.05. The van der Waals surface area contributed by atoms with Crippen LogP contribution < -0.4 is 11.1 Å². The van der Waals surface area contributed by atoms with Gasteiger partial charge in [-0.25, -0.2) is 4.79 Å². The van der Waals surface area contributed by atoms with Crippen LogP contribution in [0.2, 0.25) is 0 Å². The zero-order valence-electron chi connectivity index (χ0n) is 14.9. The number of nitrogens with zero attached hydrogens (tertiary/aromatic N) is 1. The van der Waals surface area contributed by atoms with Crippen LogP contribution in [0.15, 0.2) is 54.6 Å². The van der Waals surface area contributed by atoms with Crippen molar-refractivity contribution in [1.29, 1.82) is 0 Å². The van der Waals surface area contributed by atoms with Gasteiger partial charge in [0.25, 0.3) is 0 Å². The number of carbonyl (C=O) groups is 2. The number of urea groups is 1. The molecule has 0 bridgehead atoms. The standard InChI is InChI=1S/C21H25N3O2/c22-21(26)23-19-9-5-4-8-18(19)20(25)15-24-12-10-17(11-13-24)14-16-6-2-1-3-7-16/h1-9,17H,10-15H2,(H3,22,23,26). The molecule has 2 aromatic rings. The van der Waals surface area contributed by atoms with Gasteiger partial charge in [0, 0.05) is 5.56 Å². The first-order chi connectivity index (χ1) is 12.6. The zero-order chi connectivity index (χ0) is 18.4. The normalized spacial score (nSPS) is 15.5. The molecule has 3 rings (SSSR count). The predicted octanol–water partition coefficient (Wildman–Crippen LogP) is 3.31. The fraction of sp³-hybridized carbons (Fsp3) is 0.333. The molecule has 0 radical (unpaired) electrons. The van der Waals surface area contributed by atoms with E-state index < -0.39 is 6.03 Å². The molecule has 1 fully saturated rings. The summed E-state index contributed by atoms with van der Waals surface area (Å²) < 4.78 is 0. The largest absolute Gasteiger partial charge is 0.351 e. The number of primary amides is 1. The van der Waals surface area contributed by atoms with Gasteiger partial charge in [0.1, 0.15) is 0 Å². The molecule has 1 aliphatic heterocycles. The molecule has 1 saturated heterocycles. The van der Waals surface area contributed by atoms with Crippen LogP contribution >= 0.6 is 0 Å². The van der Waals surface area contributed by atoms with E-state index >= 15 is 0 Å². The molecular weight excluding hydrogens is 326 g/mol. The fourth-order valence-electron chi connectivity index (χ4n) is 3.55. The highest BCUT2D eigenvalue weighted by Crippen LogP contribution is 2.22. The van der Waals surface area contributed by atoms with E-state index in [0.717, 1.165) is 32.4 Å². The number of para-hydroxylation sites is 1. The van der Waals surface area contributed by atoms with Gasteiger partial charge < -0.3 is 11.1 Å². The Morgan fingerprint density at radius 2 is 1.65 bits per heavy atom. The van der Waals surface area contributed by atoms with Gasteiger partial charge in [-0.3, -0.25) is 9.69 Å². The van der Waals surface area contributed by atoms with E-state index in [0.29, 0.717) is 23.7 Å². The minimum absolute atomic E-state index is 0.0101. The molecule has 2 amide bonds. The van der Waals surface area contributed by atoms with Crippen molar-refractivity contribution in [2.24, 2.45) is 11.7 Å². The lowest BCUT2D eigenvalue weighted by Crippen LogP contribution is -2.38. The van der Waals surface area contributed by atoms with Crippen LogP contribution in [-0.4, -0.2) is 36.3 Å².